The molecule has 1 aromatic heterocycles. The summed E-state index contributed by atoms with van der Waals surface area (Å²) in [5, 5.41) is 37.9. The van der Waals surface area contributed by atoms with Crippen LogP contribution in [0.3, 0.4) is 0 Å². The summed E-state index contributed by atoms with van der Waals surface area (Å²) in [5.74, 6) is -2.21. The van der Waals surface area contributed by atoms with Gasteiger partial charge in [-0.2, -0.15) is 5.10 Å². The third kappa shape index (κ3) is 3.94. The average Bonchev–Trinajstić information content (AvgIpc) is 3.24. The number of aliphatic hydroxyl groups excluding tert-OH is 1. The number of carboxylic acid groups (broad SMARTS) is 2. The minimum atomic E-state index is -1.23. The first-order valence-corrected chi connectivity index (χ1v) is 9.90. The Balaban J connectivity index is 1.72. The molecule has 1 aliphatic heterocycles. The molecule has 4 rings (SSSR count). The summed E-state index contributed by atoms with van der Waals surface area (Å²) in [6, 6.07) is 12.0. The topological polar surface area (TPSA) is 148 Å². The number of H-pyrrole nitrogens is 1. The Morgan fingerprint density at radius 2 is 1.58 bits per heavy atom. The first-order valence-electron chi connectivity index (χ1n) is 9.90. The average molecular weight is 448 g/mol. The van der Waals surface area contributed by atoms with Gasteiger partial charge in [0.2, 0.25) is 0 Å². The molecule has 1 aliphatic rings. The van der Waals surface area contributed by atoms with E-state index in [9.17, 15) is 29.7 Å². The molecule has 33 heavy (non-hydrogen) atoms. The quantitative estimate of drug-likeness (QED) is 0.468. The van der Waals surface area contributed by atoms with Crippen molar-refractivity contribution in [1.29, 1.82) is 0 Å². The molecule has 0 saturated carbocycles. The molecule has 0 saturated heterocycles. The van der Waals surface area contributed by atoms with Crippen LogP contribution in [0.25, 0.3) is 11.8 Å². The van der Waals surface area contributed by atoms with Crippen LogP contribution < -0.4 is 10.6 Å². The van der Waals surface area contributed by atoms with E-state index in [1.165, 1.54) is 40.0 Å². The molecule has 2 heterocycles. The zero-order valence-electron chi connectivity index (χ0n) is 17.7. The lowest BCUT2D eigenvalue weighted by atomic mass is 10.1. The van der Waals surface area contributed by atoms with Crippen LogP contribution in [0, 0.1) is 6.92 Å². The number of hydrogen-bond donors (Lipinski definition) is 4. The maximum absolute atomic E-state index is 13.1. The van der Waals surface area contributed by atoms with Gasteiger partial charge in [-0.25, -0.2) is 19.3 Å². The molecule has 0 amide bonds. The van der Waals surface area contributed by atoms with Crippen molar-refractivity contribution in [2.75, 3.05) is 5.01 Å². The molecule has 10 heteroatoms. The molecular formula is C23H20N4O6. The van der Waals surface area contributed by atoms with Crippen molar-refractivity contribution in [3.8, 4) is 5.69 Å². The molecule has 4 N–H and O–H groups in total. The number of carboxylic acids is 2. The normalized spacial score (nSPS) is 16.8. The van der Waals surface area contributed by atoms with Crippen LogP contribution in [0.15, 0.2) is 64.0 Å². The summed E-state index contributed by atoms with van der Waals surface area (Å²) in [4.78, 5) is 35.6. The standard InChI is InChI=1S/C23H20N4O6/c1-12-18(20(28)26(24-12)16-7-3-5-14(9-16)22(30)31)11-19-13(2)25-27(21(19)29)17-8-4-6-15(10-17)23(32)33/h3-11,20,25,28H,1-2H3,(H,30,31)(H,32,33)/t20-/m0/s1. The van der Waals surface area contributed by atoms with Crippen LogP contribution in [0.2, 0.25) is 0 Å². The second-order valence-corrected chi connectivity index (χ2v) is 7.51. The van der Waals surface area contributed by atoms with E-state index >= 15 is 0 Å². The number of benzene rings is 2. The molecule has 10 nitrogen and oxygen atoms in total. The lowest BCUT2D eigenvalue weighted by Crippen LogP contribution is -2.27. The number of nitrogens with one attached hydrogen (secondary N) is 1. The Morgan fingerprint density at radius 3 is 2.18 bits per heavy atom. The monoisotopic (exact) mass is 448 g/mol. The van der Waals surface area contributed by atoms with E-state index in [1.54, 1.807) is 38.1 Å². The van der Waals surface area contributed by atoms with Gasteiger partial charge in [0.05, 0.1) is 33.8 Å². The third-order valence-electron chi connectivity index (χ3n) is 5.31. The number of aryl methyl sites for hydroxylation is 1. The molecule has 0 unspecified atom stereocenters. The fourth-order valence-electron chi connectivity index (χ4n) is 3.60. The SMILES string of the molecule is CC1=NN(c2cccc(C(=O)O)c2)[C@@H](O)C1=Cc1c(C)[nH]n(-c2cccc(C(=O)O)c2)c1=O. The molecule has 1 atom stereocenters. The van der Waals surface area contributed by atoms with Gasteiger partial charge in [-0.15, -0.1) is 0 Å². The highest BCUT2D eigenvalue weighted by Gasteiger charge is 2.30. The maximum Gasteiger partial charge on any atom is 0.335 e. The summed E-state index contributed by atoms with van der Waals surface area (Å²) in [7, 11) is 0. The molecule has 168 valence electrons. The Labute approximate surface area is 187 Å². The van der Waals surface area contributed by atoms with Crippen molar-refractivity contribution < 1.29 is 24.9 Å². The van der Waals surface area contributed by atoms with Gasteiger partial charge < -0.3 is 15.3 Å². The van der Waals surface area contributed by atoms with Gasteiger partial charge in [0.15, 0.2) is 6.23 Å². The predicted molar refractivity (Wildman–Crippen MR) is 121 cm³/mol. The Morgan fingerprint density at radius 1 is 1.00 bits per heavy atom. The van der Waals surface area contributed by atoms with Gasteiger partial charge in [-0.1, -0.05) is 12.1 Å². The number of rotatable bonds is 5. The summed E-state index contributed by atoms with van der Waals surface area (Å²) < 4.78 is 1.23. The summed E-state index contributed by atoms with van der Waals surface area (Å²) >= 11 is 0. The van der Waals surface area contributed by atoms with Gasteiger partial charge in [0, 0.05) is 11.3 Å². The molecule has 0 aliphatic carbocycles. The van der Waals surface area contributed by atoms with E-state index in [0.29, 0.717) is 28.4 Å². The third-order valence-corrected chi connectivity index (χ3v) is 5.31. The molecule has 0 radical (unpaired) electrons. The minimum Gasteiger partial charge on any atom is -0.478 e. The van der Waals surface area contributed by atoms with E-state index < -0.39 is 23.7 Å². The van der Waals surface area contributed by atoms with E-state index in [2.05, 4.69) is 10.2 Å². The van der Waals surface area contributed by atoms with Gasteiger partial charge in [-0.3, -0.25) is 9.89 Å². The largest absolute Gasteiger partial charge is 0.478 e. The number of aliphatic hydroxyl groups is 1. The number of aromatic amines is 1. The molecule has 0 fully saturated rings. The lowest BCUT2D eigenvalue weighted by molar-refractivity contribution is 0.0686. The zero-order valence-corrected chi connectivity index (χ0v) is 17.7. The van der Waals surface area contributed by atoms with Crippen LogP contribution in [-0.4, -0.2) is 49.0 Å². The smallest absolute Gasteiger partial charge is 0.335 e. The molecule has 0 bridgehead atoms. The van der Waals surface area contributed by atoms with E-state index in [-0.39, 0.29) is 16.7 Å². The van der Waals surface area contributed by atoms with E-state index in [4.69, 9.17) is 0 Å². The van der Waals surface area contributed by atoms with Crippen LogP contribution in [0.4, 0.5) is 5.69 Å². The molecule has 0 spiro atoms. The predicted octanol–water partition coefficient (Wildman–Crippen LogP) is 2.47. The van der Waals surface area contributed by atoms with Crippen molar-refractivity contribution in [3.63, 3.8) is 0 Å². The Hall–Kier alpha value is -4.44. The Kier molecular flexibility index (Phi) is 5.44. The fourth-order valence-corrected chi connectivity index (χ4v) is 3.60. The highest BCUT2D eigenvalue weighted by atomic mass is 16.4. The first kappa shape index (κ1) is 21.8. The second kappa shape index (κ2) is 8.24. The van der Waals surface area contributed by atoms with E-state index in [0.717, 1.165) is 0 Å². The second-order valence-electron chi connectivity index (χ2n) is 7.51. The summed E-state index contributed by atoms with van der Waals surface area (Å²) in [6.45, 7) is 3.36. The molecule has 2 aromatic carbocycles. The highest BCUT2D eigenvalue weighted by molar-refractivity contribution is 6.06. The first-order chi connectivity index (χ1) is 15.7. The number of anilines is 1. The number of carbonyl (C=O) groups is 2. The molecule has 3 aromatic rings. The van der Waals surface area contributed by atoms with Crippen molar-refractivity contribution in [2.45, 2.75) is 20.1 Å². The zero-order chi connectivity index (χ0) is 23.9. The minimum absolute atomic E-state index is 0.0417. The van der Waals surface area contributed by atoms with Gasteiger partial charge in [0.1, 0.15) is 0 Å². The summed E-state index contributed by atoms with van der Waals surface area (Å²) in [5.41, 5.74) is 2.05. The van der Waals surface area contributed by atoms with Gasteiger partial charge in [0.25, 0.3) is 5.56 Å². The van der Waals surface area contributed by atoms with Crippen molar-refractivity contribution >= 4 is 29.4 Å². The maximum atomic E-state index is 13.1. The van der Waals surface area contributed by atoms with Crippen molar-refractivity contribution in [2.24, 2.45) is 5.10 Å². The van der Waals surface area contributed by atoms with Crippen LogP contribution in [0.5, 0.6) is 0 Å². The van der Waals surface area contributed by atoms with Crippen LogP contribution in [0.1, 0.15) is 38.9 Å². The highest BCUT2D eigenvalue weighted by Crippen LogP contribution is 2.28. The molecular weight excluding hydrogens is 428 g/mol. The van der Waals surface area contributed by atoms with Crippen LogP contribution in [-0.2, 0) is 0 Å². The summed E-state index contributed by atoms with van der Waals surface area (Å²) in [6.07, 6.45) is 0.294. The van der Waals surface area contributed by atoms with Crippen molar-refractivity contribution in [1.82, 2.24) is 9.78 Å². The fraction of sp³-hybridized carbons (Fsp3) is 0.130. The van der Waals surface area contributed by atoms with E-state index in [1.807, 2.05) is 0 Å². The lowest BCUT2D eigenvalue weighted by Gasteiger charge is -2.20. The Bertz CT molecular complexity index is 1400. The number of aromatic carboxylic acids is 2. The van der Waals surface area contributed by atoms with Gasteiger partial charge in [-0.05, 0) is 56.3 Å². The number of hydrazone groups is 1. The number of hydrogen-bond acceptors (Lipinski definition) is 6. The number of aromatic nitrogens is 2. The number of nitrogens with zero attached hydrogens (tertiary/aromatic N) is 3. The van der Waals surface area contributed by atoms with Gasteiger partial charge >= 0.3 is 11.9 Å². The van der Waals surface area contributed by atoms with Crippen LogP contribution >= 0.6 is 0 Å². The van der Waals surface area contributed by atoms with Crippen molar-refractivity contribution in [3.05, 3.63) is 86.8 Å².